The van der Waals surface area contributed by atoms with Crippen LogP contribution in [0.5, 0.6) is 5.75 Å². The van der Waals surface area contributed by atoms with Crippen LogP contribution in [0, 0.1) is 0 Å². The first-order valence-electron chi connectivity index (χ1n) is 7.33. The van der Waals surface area contributed by atoms with Crippen molar-refractivity contribution in [2.24, 2.45) is 0 Å². The molecule has 2 nitrogen and oxygen atoms in total. The van der Waals surface area contributed by atoms with Crippen LogP contribution in [0.25, 0.3) is 0 Å². The molecule has 1 saturated carbocycles. The van der Waals surface area contributed by atoms with E-state index in [1.54, 1.807) is 0 Å². The second-order valence-corrected chi connectivity index (χ2v) is 5.14. The average molecular weight is 247 g/mol. The van der Waals surface area contributed by atoms with Gasteiger partial charge in [0.25, 0.3) is 0 Å². The van der Waals surface area contributed by atoms with Gasteiger partial charge in [-0.1, -0.05) is 31.9 Å². The van der Waals surface area contributed by atoms with Crippen LogP contribution in [0.4, 0.5) is 0 Å². The molecular formula is C16H25NO. The molecule has 18 heavy (non-hydrogen) atoms. The maximum atomic E-state index is 5.73. The van der Waals surface area contributed by atoms with Gasteiger partial charge in [0.1, 0.15) is 5.75 Å². The fourth-order valence-corrected chi connectivity index (χ4v) is 2.52. The third-order valence-electron chi connectivity index (χ3n) is 3.71. The summed E-state index contributed by atoms with van der Waals surface area (Å²) in [5.74, 6) is 0.994. The summed E-state index contributed by atoms with van der Waals surface area (Å²) in [6, 6.07) is 9.21. The van der Waals surface area contributed by atoms with Crippen molar-refractivity contribution in [1.82, 2.24) is 5.32 Å². The van der Waals surface area contributed by atoms with E-state index in [1.807, 2.05) is 0 Å². The van der Waals surface area contributed by atoms with Crippen molar-refractivity contribution >= 4 is 0 Å². The molecule has 1 aromatic carbocycles. The minimum atomic E-state index is 0.772. The second kappa shape index (κ2) is 7.42. The topological polar surface area (TPSA) is 21.3 Å². The molecule has 0 spiro atoms. The molecule has 1 fully saturated rings. The molecule has 0 amide bonds. The summed E-state index contributed by atoms with van der Waals surface area (Å²) >= 11 is 0. The van der Waals surface area contributed by atoms with Gasteiger partial charge in [-0.15, -0.1) is 0 Å². The monoisotopic (exact) mass is 247 g/mol. The molecule has 0 unspecified atom stereocenters. The summed E-state index contributed by atoms with van der Waals surface area (Å²) in [6.07, 6.45) is 7.70. The molecule has 0 aliphatic heterocycles. The van der Waals surface area contributed by atoms with Gasteiger partial charge < -0.3 is 10.1 Å². The Labute approximate surface area is 111 Å². The van der Waals surface area contributed by atoms with Gasteiger partial charge >= 0.3 is 0 Å². The number of benzene rings is 1. The lowest BCUT2D eigenvalue weighted by Gasteiger charge is -2.12. The molecule has 2 heteroatoms. The minimum absolute atomic E-state index is 0.772. The van der Waals surface area contributed by atoms with Crippen LogP contribution in [0.1, 0.15) is 44.6 Å². The first-order chi connectivity index (χ1) is 8.88. The molecule has 0 aromatic heterocycles. The smallest absolute Gasteiger partial charge is 0.119 e. The molecule has 0 radical (unpaired) electrons. The summed E-state index contributed by atoms with van der Waals surface area (Å²) in [5, 5.41) is 3.61. The lowest BCUT2D eigenvalue weighted by Crippen LogP contribution is -2.27. The fraction of sp³-hybridized carbons (Fsp3) is 0.625. The summed E-state index contributed by atoms with van der Waals surface area (Å²) in [4.78, 5) is 0. The van der Waals surface area contributed by atoms with E-state index in [9.17, 15) is 0 Å². The van der Waals surface area contributed by atoms with Crippen molar-refractivity contribution in [1.29, 1.82) is 0 Å². The SMILES string of the molecule is CCc1ccc(OCCCNC2CCCC2)cc1. The van der Waals surface area contributed by atoms with E-state index in [-0.39, 0.29) is 0 Å². The number of ether oxygens (including phenoxy) is 1. The Morgan fingerprint density at radius 1 is 1.17 bits per heavy atom. The maximum absolute atomic E-state index is 5.73. The van der Waals surface area contributed by atoms with Crippen LogP contribution < -0.4 is 10.1 Å². The highest BCUT2D eigenvalue weighted by Gasteiger charge is 2.13. The molecule has 1 aliphatic rings. The number of nitrogens with one attached hydrogen (secondary N) is 1. The molecule has 0 bridgehead atoms. The summed E-state index contributed by atoms with van der Waals surface area (Å²) < 4.78 is 5.73. The zero-order chi connectivity index (χ0) is 12.6. The Bertz CT molecular complexity index is 327. The summed E-state index contributed by atoms with van der Waals surface area (Å²) in [7, 11) is 0. The van der Waals surface area contributed by atoms with Gasteiger partial charge in [0.15, 0.2) is 0 Å². The van der Waals surface area contributed by atoms with Crippen LogP contribution in [-0.4, -0.2) is 19.2 Å². The zero-order valence-corrected chi connectivity index (χ0v) is 11.5. The third kappa shape index (κ3) is 4.34. The van der Waals surface area contributed by atoms with Gasteiger partial charge in [-0.25, -0.2) is 0 Å². The van der Waals surface area contributed by atoms with Gasteiger partial charge in [-0.05, 0) is 49.9 Å². The van der Waals surface area contributed by atoms with Crippen LogP contribution in [0.3, 0.4) is 0 Å². The largest absolute Gasteiger partial charge is 0.494 e. The van der Waals surface area contributed by atoms with E-state index < -0.39 is 0 Å². The Kier molecular flexibility index (Phi) is 5.53. The van der Waals surface area contributed by atoms with Crippen LogP contribution >= 0.6 is 0 Å². The predicted molar refractivity (Wildman–Crippen MR) is 76.2 cm³/mol. The maximum Gasteiger partial charge on any atom is 0.119 e. The number of aryl methyl sites for hydroxylation is 1. The highest BCUT2D eigenvalue weighted by Crippen LogP contribution is 2.17. The third-order valence-corrected chi connectivity index (χ3v) is 3.71. The summed E-state index contributed by atoms with van der Waals surface area (Å²) in [6.45, 7) is 4.06. The van der Waals surface area contributed by atoms with Crippen molar-refractivity contribution in [3.05, 3.63) is 29.8 Å². The Balaban J connectivity index is 1.56. The van der Waals surface area contributed by atoms with Crippen molar-refractivity contribution in [2.45, 2.75) is 51.5 Å². The molecule has 0 atom stereocenters. The molecule has 1 N–H and O–H groups in total. The Hall–Kier alpha value is -1.02. The van der Waals surface area contributed by atoms with Crippen LogP contribution in [0.15, 0.2) is 24.3 Å². The van der Waals surface area contributed by atoms with Crippen molar-refractivity contribution in [3.8, 4) is 5.75 Å². The lowest BCUT2D eigenvalue weighted by atomic mass is 10.2. The Morgan fingerprint density at radius 3 is 2.56 bits per heavy atom. The zero-order valence-electron chi connectivity index (χ0n) is 11.5. The Morgan fingerprint density at radius 2 is 1.89 bits per heavy atom. The molecule has 0 saturated heterocycles. The lowest BCUT2D eigenvalue weighted by molar-refractivity contribution is 0.304. The van der Waals surface area contributed by atoms with E-state index in [0.717, 1.165) is 37.8 Å². The normalized spacial score (nSPS) is 16.1. The molecule has 1 aliphatic carbocycles. The van der Waals surface area contributed by atoms with Crippen LogP contribution in [0.2, 0.25) is 0 Å². The van der Waals surface area contributed by atoms with Gasteiger partial charge in [0.05, 0.1) is 6.61 Å². The van der Waals surface area contributed by atoms with Crippen molar-refractivity contribution in [3.63, 3.8) is 0 Å². The minimum Gasteiger partial charge on any atom is -0.494 e. The van der Waals surface area contributed by atoms with E-state index in [1.165, 1.54) is 31.2 Å². The first-order valence-corrected chi connectivity index (χ1v) is 7.33. The number of hydrogen-bond acceptors (Lipinski definition) is 2. The first kappa shape index (κ1) is 13.4. The van der Waals surface area contributed by atoms with Crippen LogP contribution in [-0.2, 0) is 6.42 Å². The summed E-state index contributed by atoms with van der Waals surface area (Å²) in [5.41, 5.74) is 1.37. The standard InChI is InChI=1S/C16H25NO/c1-2-14-8-10-16(11-9-14)18-13-5-12-17-15-6-3-4-7-15/h8-11,15,17H,2-7,12-13H2,1H3. The fourth-order valence-electron chi connectivity index (χ4n) is 2.52. The quantitative estimate of drug-likeness (QED) is 0.744. The highest BCUT2D eigenvalue weighted by molar-refractivity contribution is 5.27. The molecule has 1 aromatic rings. The molecular weight excluding hydrogens is 222 g/mol. The van der Waals surface area contributed by atoms with Crippen molar-refractivity contribution in [2.75, 3.05) is 13.2 Å². The number of hydrogen-bond donors (Lipinski definition) is 1. The van der Waals surface area contributed by atoms with Gasteiger partial charge in [0, 0.05) is 6.04 Å². The number of rotatable bonds is 7. The molecule has 2 rings (SSSR count). The van der Waals surface area contributed by atoms with E-state index in [4.69, 9.17) is 4.74 Å². The van der Waals surface area contributed by atoms with Crippen molar-refractivity contribution < 1.29 is 4.74 Å². The second-order valence-electron chi connectivity index (χ2n) is 5.14. The van der Waals surface area contributed by atoms with E-state index >= 15 is 0 Å². The predicted octanol–water partition coefficient (Wildman–Crippen LogP) is 3.55. The van der Waals surface area contributed by atoms with Gasteiger partial charge in [-0.3, -0.25) is 0 Å². The van der Waals surface area contributed by atoms with Gasteiger partial charge in [0.2, 0.25) is 0 Å². The average Bonchev–Trinajstić information content (AvgIpc) is 2.92. The highest BCUT2D eigenvalue weighted by atomic mass is 16.5. The van der Waals surface area contributed by atoms with E-state index in [0.29, 0.717) is 0 Å². The molecule has 100 valence electrons. The molecule has 0 heterocycles. The van der Waals surface area contributed by atoms with Gasteiger partial charge in [-0.2, -0.15) is 0 Å². The van der Waals surface area contributed by atoms with E-state index in [2.05, 4.69) is 36.5 Å².